The molecular formula is C22H32O8. The monoisotopic (exact) mass is 424 g/mol. The predicted molar refractivity (Wildman–Crippen MR) is 106 cm³/mol. The number of hydrogen-bond donors (Lipinski definition) is 0. The van der Waals surface area contributed by atoms with Crippen LogP contribution in [0, 0.1) is 23.7 Å². The maximum atomic E-state index is 11.3. The second kappa shape index (κ2) is 11.1. The highest BCUT2D eigenvalue weighted by atomic mass is 16.5. The van der Waals surface area contributed by atoms with Gasteiger partial charge in [-0.3, -0.25) is 19.2 Å². The van der Waals surface area contributed by atoms with Gasteiger partial charge in [0, 0.05) is 51.4 Å². The number of carbonyl (C=O) groups is 4. The highest BCUT2D eigenvalue weighted by molar-refractivity contribution is 5.66. The molecule has 168 valence electrons. The second-order valence-electron chi connectivity index (χ2n) is 8.27. The van der Waals surface area contributed by atoms with Crippen molar-refractivity contribution in [1.82, 2.24) is 0 Å². The van der Waals surface area contributed by atoms with E-state index in [9.17, 15) is 19.2 Å². The van der Waals surface area contributed by atoms with Crippen LogP contribution in [0.3, 0.4) is 0 Å². The average molecular weight is 424 g/mol. The van der Waals surface area contributed by atoms with Crippen molar-refractivity contribution in [3.8, 4) is 0 Å². The van der Waals surface area contributed by atoms with E-state index in [1.54, 1.807) is 0 Å². The molecule has 2 rings (SSSR count). The Bertz CT molecular complexity index is 581. The summed E-state index contributed by atoms with van der Waals surface area (Å²) in [4.78, 5) is 45.2. The summed E-state index contributed by atoms with van der Waals surface area (Å²) in [6.07, 6.45) is 2.97. The lowest BCUT2D eigenvalue weighted by Gasteiger charge is -2.41. The molecule has 0 N–H and O–H groups in total. The number of carbonyl (C=O) groups excluding carboxylic acids is 4. The first-order chi connectivity index (χ1) is 14.2. The van der Waals surface area contributed by atoms with Crippen molar-refractivity contribution in [2.75, 3.05) is 26.4 Å². The first-order valence-corrected chi connectivity index (χ1v) is 10.4. The smallest absolute Gasteiger partial charge is 0.302 e. The standard InChI is InChI=1S/C22H32O8/c1-13(23)27-9-19-5-17-7-21(11-29-15(3)25)22(12-30-16(4)26)8-18(17)6-20(19)10-28-14(2)24/h19-22H,5-12H2,1-4H3/t19-,20+,21-,22+. The maximum absolute atomic E-state index is 11.3. The number of esters is 4. The van der Waals surface area contributed by atoms with Crippen molar-refractivity contribution in [2.24, 2.45) is 23.7 Å². The molecule has 0 bridgehead atoms. The van der Waals surface area contributed by atoms with Gasteiger partial charge in [0.05, 0.1) is 26.4 Å². The van der Waals surface area contributed by atoms with Gasteiger partial charge in [0.25, 0.3) is 0 Å². The fourth-order valence-corrected chi connectivity index (χ4v) is 4.35. The van der Waals surface area contributed by atoms with Crippen LogP contribution in [0.25, 0.3) is 0 Å². The zero-order chi connectivity index (χ0) is 22.3. The second-order valence-corrected chi connectivity index (χ2v) is 8.27. The minimum Gasteiger partial charge on any atom is -0.466 e. The Morgan fingerprint density at radius 1 is 0.533 bits per heavy atom. The summed E-state index contributed by atoms with van der Waals surface area (Å²) >= 11 is 0. The van der Waals surface area contributed by atoms with Gasteiger partial charge in [-0.15, -0.1) is 0 Å². The van der Waals surface area contributed by atoms with Crippen LogP contribution in [0.5, 0.6) is 0 Å². The highest BCUT2D eigenvalue weighted by Gasteiger charge is 2.38. The molecule has 0 radical (unpaired) electrons. The van der Waals surface area contributed by atoms with E-state index in [1.165, 1.54) is 38.8 Å². The third-order valence-electron chi connectivity index (χ3n) is 5.87. The SMILES string of the molecule is CC(=O)OC[C@@H]1CC2=C(C[C@@H]1COC(C)=O)C[C@H](COC(C)=O)[C@H](COC(C)=O)C2. The van der Waals surface area contributed by atoms with Crippen molar-refractivity contribution in [2.45, 2.75) is 53.4 Å². The van der Waals surface area contributed by atoms with Crippen LogP contribution in [0.15, 0.2) is 11.1 Å². The summed E-state index contributed by atoms with van der Waals surface area (Å²) < 4.78 is 21.0. The first kappa shape index (κ1) is 23.9. The Morgan fingerprint density at radius 2 is 0.733 bits per heavy atom. The van der Waals surface area contributed by atoms with Crippen molar-refractivity contribution in [1.29, 1.82) is 0 Å². The summed E-state index contributed by atoms with van der Waals surface area (Å²) in [6, 6.07) is 0. The molecule has 0 aromatic rings. The molecule has 0 amide bonds. The third-order valence-corrected chi connectivity index (χ3v) is 5.87. The van der Waals surface area contributed by atoms with Crippen LogP contribution in [-0.4, -0.2) is 50.3 Å². The van der Waals surface area contributed by atoms with Gasteiger partial charge in [-0.05, 0) is 25.7 Å². The first-order valence-electron chi connectivity index (χ1n) is 10.4. The van der Waals surface area contributed by atoms with Crippen molar-refractivity contribution in [3.63, 3.8) is 0 Å². The maximum Gasteiger partial charge on any atom is 0.302 e. The molecular weight excluding hydrogens is 392 g/mol. The number of hydrogen-bond acceptors (Lipinski definition) is 8. The predicted octanol–water partition coefficient (Wildman–Crippen LogP) is 2.59. The average Bonchev–Trinajstić information content (AvgIpc) is 2.66. The molecule has 0 heterocycles. The summed E-state index contributed by atoms with van der Waals surface area (Å²) in [5, 5.41) is 0. The lowest BCUT2D eigenvalue weighted by Crippen LogP contribution is -2.36. The number of rotatable bonds is 8. The van der Waals surface area contributed by atoms with Crippen LogP contribution >= 0.6 is 0 Å². The number of allylic oxidation sites excluding steroid dienone is 2. The van der Waals surface area contributed by atoms with Crippen LogP contribution in [-0.2, 0) is 38.1 Å². The summed E-state index contributed by atoms with van der Waals surface area (Å²) in [5.41, 5.74) is 2.56. The van der Waals surface area contributed by atoms with E-state index in [0.29, 0.717) is 0 Å². The van der Waals surface area contributed by atoms with E-state index < -0.39 is 0 Å². The van der Waals surface area contributed by atoms with Gasteiger partial charge in [0.2, 0.25) is 0 Å². The van der Waals surface area contributed by atoms with Crippen LogP contribution in [0.4, 0.5) is 0 Å². The molecule has 0 saturated heterocycles. The molecule has 30 heavy (non-hydrogen) atoms. The molecule has 0 fully saturated rings. The van der Waals surface area contributed by atoms with E-state index in [1.807, 2.05) is 0 Å². The van der Waals surface area contributed by atoms with Crippen molar-refractivity contribution in [3.05, 3.63) is 11.1 Å². The molecule has 0 aromatic carbocycles. The summed E-state index contributed by atoms with van der Waals surface area (Å²) in [6.45, 7) is 6.64. The highest BCUT2D eigenvalue weighted by Crippen LogP contribution is 2.45. The molecule has 8 nitrogen and oxygen atoms in total. The van der Waals surface area contributed by atoms with Gasteiger partial charge in [-0.25, -0.2) is 0 Å². The lowest BCUT2D eigenvalue weighted by atomic mass is 9.67. The Kier molecular flexibility index (Phi) is 8.87. The fourth-order valence-electron chi connectivity index (χ4n) is 4.35. The molecule has 0 aromatic heterocycles. The Hall–Kier alpha value is -2.38. The number of ether oxygens (including phenoxy) is 4. The summed E-state index contributed by atoms with van der Waals surface area (Å²) in [7, 11) is 0. The largest absolute Gasteiger partial charge is 0.466 e. The Balaban J connectivity index is 2.16. The quantitative estimate of drug-likeness (QED) is 0.333. The van der Waals surface area contributed by atoms with E-state index in [4.69, 9.17) is 18.9 Å². The van der Waals surface area contributed by atoms with Gasteiger partial charge in [0.15, 0.2) is 0 Å². The minimum atomic E-state index is -0.334. The summed E-state index contributed by atoms with van der Waals surface area (Å²) in [5.74, 6) is -1.09. The Labute approximate surface area is 177 Å². The molecule has 8 heteroatoms. The van der Waals surface area contributed by atoms with Crippen molar-refractivity contribution < 1.29 is 38.1 Å². The van der Waals surface area contributed by atoms with Gasteiger partial charge in [0.1, 0.15) is 0 Å². The van der Waals surface area contributed by atoms with E-state index >= 15 is 0 Å². The zero-order valence-electron chi connectivity index (χ0n) is 18.2. The van der Waals surface area contributed by atoms with Crippen LogP contribution < -0.4 is 0 Å². The zero-order valence-corrected chi connectivity index (χ0v) is 18.2. The van der Waals surface area contributed by atoms with Crippen LogP contribution in [0.2, 0.25) is 0 Å². The minimum absolute atomic E-state index is 0.0615. The fraction of sp³-hybridized carbons (Fsp3) is 0.727. The molecule has 2 aliphatic carbocycles. The van der Waals surface area contributed by atoms with E-state index in [0.717, 1.165) is 25.7 Å². The normalized spacial score (nSPS) is 25.7. The topological polar surface area (TPSA) is 105 Å². The van der Waals surface area contributed by atoms with Gasteiger partial charge < -0.3 is 18.9 Å². The van der Waals surface area contributed by atoms with Gasteiger partial charge >= 0.3 is 23.9 Å². The molecule has 4 atom stereocenters. The molecule has 2 aliphatic rings. The molecule has 0 aliphatic heterocycles. The van der Waals surface area contributed by atoms with Gasteiger partial charge in [-0.2, -0.15) is 0 Å². The molecule has 0 saturated carbocycles. The third kappa shape index (κ3) is 7.46. The van der Waals surface area contributed by atoms with Crippen molar-refractivity contribution >= 4 is 23.9 Å². The van der Waals surface area contributed by atoms with Crippen LogP contribution in [0.1, 0.15) is 53.4 Å². The lowest BCUT2D eigenvalue weighted by molar-refractivity contribution is -0.148. The van der Waals surface area contributed by atoms with Gasteiger partial charge in [-0.1, -0.05) is 11.1 Å². The van der Waals surface area contributed by atoms with E-state index in [-0.39, 0.29) is 74.0 Å². The van der Waals surface area contributed by atoms with E-state index in [2.05, 4.69) is 0 Å². The molecule has 0 spiro atoms. The Morgan fingerprint density at radius 3 is 0.900 bits per heavy atom. The molecule has 0 unspecified atom stereocenters.